The van der Waals surface area contributed by atoms with Crippen molar-refractivity contribution in [1.29, 1.82) is 0 Å². The molecule has 0 spiro atoms. The fourth-order valence-electron chi connectivity index (χ4n) is 2.45. The Kier molecular flexibility index (Phi) is 5.03. The number of benzene rings is 1. The van der Waals surface area contributed by atoms with E-state index in [1.807, 2.05) is 6.92 Å². The fraction of sp³-hybridized carbons (Fsp3) is 0.571. The van der Waals surface area contributed by atoms with Gasteiger partial charge in [-0.2, -0.15) is 0 Å². The Labute approximate surface area is 118 Å². The molecule has 6 heteroatoms. The number of hydrogen-bond acceptors (Lipinski definition) is 5. The number of aliphatic hydroxyl groups excluding tert-OH is 1. The third-order valence-electron chi connectivity index (χ3n) is 3.51. The van der Waals surface area contributed by atoms with Crippen LogP contribution >= 0.6 is 0 Å². The lowest BCUT2D eigenvalue weighted by atomic mass is 10.2. The minimum atomic E-state index is -0.424. The van der Waals surface area contributed by atoms with Crippen LogP contribution < -0.4 is 15.4 Å². The lowest BCUT2D eigenvalue weighted by molar-refractivity contribution is 0.189. The molecular weight excluding hydrogens is 261 g/mol. The van der Waals surface area contributed by atoms with Crippen LogP contribution in [0.5, 0.6) is 5.75 Å². The molecule has 0 amide bonds. The smallest absolute Gasteiger partial charge is 0.167 e. The van der Waals surface area contributed by atoms with E-state index >= 15 is 0 Å². The number of hydrogen-bond donors (Lipinski definition) is 2. The Morgan fingerprint density at radius 2 is 2.00 bits per heavy atom. The summed E-state index contributed by atoms with van der Waals surface area (Å²) in [5.41, 5.74) is 7.17. The van der Waals surface area contributed by atoms with Crippen molar-refractivity contribution in [3.8, 4) is 5.75 Å². The van der Waals surface area contributed by atoms with E-state index in [0.717, 1.165) is 31.9 Å². The van der Waals surface area contributed by atoms with Gasteiger partial charge in [-0.05, 0) is 6.92 Å². The number of ether oxygens (including phenoxy) is 1. The molecule has 0 saturated carbocycles. The SMILES string of the molecule is CCOc1cc(N2CCN(CCO)CC2)c(N)cc1F. The van der Waals surface area contributed by atoms with Crippen LogP contribution in [0.1, 0.15) is 6.92 Å². The molecule has 112 valence electrons. The first-order valence-corrected chi connectivity index (χ1v) is 6.95. The van der Waals surface area contributed by atoms with E-state index in [1.54, 1.807) is 6.07 Å². The van der Waals surface area contributed by atoms with Crippen molar-refractivity contribution >= 4 is 11.4 Å². The predicted octanol–water partition coefficient (Wildman–Crippen LogP) is 0.921. The second-order valence-electron chi connectivity index (χ2n) is 4.83. The predicted molar refractivity (Wildman–Crippen MR) is 77.7 cm³/mol. The normalized spacial score (nSPS) is 16.4. The molecule has 0 aromatic heterocycles. The molecule has 2 rings (SSSR count). The lowest BCUT2D eigenvalue weighted by Crippen LogP contribution is -2.47. The summed E-state index contributed by atoms with van der Waals surface area (Å²) in [6, 6.07) is 3.00. The van der Waals surface area contributed by atoms with Crippen molar-refractivity contribution in [2.75, 3.05) is 56.6 Å². The van der Waals surface area contributed by atoms with E-state index in [-0.39, 0.29) is 12.4 Å². The van der Waals surface area contributed by atoms with Crippen molar-refractivity contribution in [1.82, 2.24) is 4.90 Å². The Bertz CT molecular complexity index is 448. The molecule has 20 heavy (non-hydrogen) atoms. The van der Waals surface area contributed by atoms with Crippen molar-refractivity contribution in [2.45, 2.75) is 6.92 Å². The van der Waals surface area contributed by atoms with Crippen molar-refractivity contribution < 1.29 is 14.2 Å². The Morgan fingerprint density at radius 3 is 2.60 bits per heavy atom. The maximum atomic E-state index is 13.7. The van der Waals surface area contributed by atoms with Gasteiger partial charge in [-0.25, -0.2) is 4.39 Å². The van der Waals surface area contributed by atoms with Gasteiger partial charge >= 0.3 is 0 Å². The highest BCUT2D eigenvalue weighted by Gasteiger charge is 2.20. The topological polar surface area (TPSA) is 62.0 Å². The van der Waals surface area contributed by atoms with Crippen molar-refractivity contribution in [2.24, 2.45) is 0 Å². The first-order chi connectivity index (χ1) is 9.65. The number of aliphatic hydroxyl groups is 1. The summed E-state index contributed by atoms with van der Waals surface area (Å²) >= 11 is 0. The zero-order valence-corrected chi connectivity index (χ0v) is 11.8. The number of β-amino-alcohol motifs (C(OH)–C–C–N with tert-alkyl or cyclic N) is 1. The first kappa shape index (κ1) is 14.9. The average molecular weight is 283 g/mol. The van der Waals surface area contributed by atoms with Crippen LogP contribution in [0.25, 0.3) is 0 Å². The van der Waals surface area contributed by atoms with Gasteiger partial charge in [0, 0.05) is 44.9 Å². The van der Waals surface area contributed by atoms with Crippen LogP contribution in [0, 0.1) is 5.82 Å². The van der Waals surface area contributed by atoms with Crippen LogP contribution in [-0.4, -0.2) is 55.9 Å². The number of nitrogens with two attached hydrogens (primary N) is 1. The molecule has 3 N–H and O–H groups in total. The van der Waals surface area contributed by atoms with Gasteiger partial charge in [-0.15, -0.1) is 0 Å². The third-order valence-corrected chi connectivity index (χ3v) is 3.51. The summed E-state index contributed by atoms with van der Waals surface area (Å²) in [4.78, 5) is 4.32. The summed E-state index contributed by atoms with van der Waals surface area (Å²) in [6.45, 7) is 6.45. The summed E-state index contributed by atoms with van der Waals surface area (Å²) in [5, 5.41) is 8.94. The van der Waals surface area contributed by atoms with Gasteiger partial charge in [0.1, 0.15) is 0 Å². The number of nitrogen functional groups attached to an aromatic ring is 1. The minimum absolute atomic E-state index is 0.174. The average Bonchev–Trinajstić information content (AvgIpc) is 2.43. The van der Waals surface area contributed by atoms with E-state index in [4.69, 9.17) is 15.6 Å². The van der Waals surface area contributed by atoms with Gasteiger partial charge in [0.2, 0.25) is 0 Å². The molecule has 1 fully saturated rings. The standard InChI is InChI=1S/C14H22FN3O2/c1-2-20-14-10-13(12(16)9-11(14)15)18-5-3-17(4-6-18)7-8-19/h9-10,19H,2-8,16H2,1H3. The molecule has 1 saturated heterocycles. The summed E-state index contributed by atoms with van der Waals surface area (Å²) in [7, 11) is 0. The molecule has 1 aromatic rings. The Morgan fingerprint density at radius 1 is 1.30 bits per heavy atom. The van der Waals surface area contributed by atoms with Gasteiger partial charge in [-0.1, -0.05) is 0 Å². The van der Waals surface area contributed by atoms with Crippen molar-refractivity contribution in [3.63, 3.8) is 0 Å². The number of piperazine rings is 1. The quantitative estimate of drug-likeness (QED) is 0.787. The van der Waals surface area contributed by atoms with E-state index in [9.17, 15) is 4.39 Å². The molecule has 0 atom stereocenters. The molecular formula is C14H22FN3O2. The van der Waals surface area contributed by atoms with Crippen LogP contribution in [-0.2, 0) is 0 Å². The molecule has 0 bridgehead atoms. The number of rotatable bonds is 5. The summed E-state index contributed by atoms with van der Waals surface area (Å²) in [5.74, 6) is -0.179. The molecule has 1 heterocycles. The van der Waals surface area contributed by atoms with Crippen LogP contribution in [0.15, 0.2) is 12.1 Å². The van der Waals surface area contributed by atoms with E-state index < -0.39 is 5.82 Å². The first-order valence-electron chi connectivity index (χ1n) is 6.95. The highest BCUT2D eigenvalue weighted by Crippen LogP contribution is 2.31. The van der Waals surface area contributed by atoms with Gasteiger partial charge < -0.3 is 20.5 Å². The highest BCUT2D eigenvalue weighted by molar-refractivity contribution is 5.70. The van der Waals surface area contributed by atoms with Crippen LogP contribution in [0.4, 0.5) is 15.8 Å². The van der Waals surface area contributed by atoms with Gasteiger partial charge in [0.15, 0.2) is 11.6 Å². The summed E-state index contributed by atoms with van der Waals surface area (Å²) < 4.78 is 19.0. The second-order valence-corrected chi connectivity index (χ2v) is 4.83. The highest BCUT2D eigenvalue weighted by atomic mass is 19.1. The minimum Gasteiger partial charge on any atom is -0.491 e. The Balaban J connectivity index is 2.11. The van der Waals surface area contributed by atoms with Gasteiger partial charge in [0.05, 0.1) is 24.6 Å². The maximum Gasteiger partial charge on any atom is 0.167 e. The molecule has 1 aliphatic heterocycles. The second kappa shape index (κ2) is 6.76. The zero-order chi connectivity index (χ0) is 14.5. The lowest BCUT2D eigenvalue weighted by Gasteiger charge is -2.36. The monoisotopic (exact) mass is 283 g/mol. The molecule has 0 aliphatic carbocycles. The maximum absolute atomic E-state index is 13.7. The third kappa shape index (κ3) is 3.32. The summed E-state index contributed by atoms with van der Waals surface area (Å²) in [6.07, 6.45) is 0. The number of halogens is 1. The van der Waals surface area contributed by atoms with Gasteiger partial charge in [-0.3, -0.25) is 4.90 Å². The van der Waals surface area contributed by atoms with Gasteiger partial charge in [0.25, 0.3) is 0 Å². The Hall–Kier alpha value is -1.53. The van der Waals surface area contributed by atoms with Crippen LogP contribution in [0.3, 0.4) is 0 Å². The zero-order valence-electron chi connectivity index (χ0n) is 11.8. The number of nitrogens with zero attached hydrogens (tertiary/aromatic N) is 2. The van der Waals surface area contributed by atoms with Crippen molar-refractivity contribution in [3.05, 3.63) is 17.9 Å². The largest absolute Gasteiger partial charge is 0.491 e. The van der Waals surface area contributed by atoms with Crippen LogP contribution in [0.2, 0.25) is 0 Å². The van der Waals surface area contributed by atoms with E-state index in [1.165, 1.54) is 6.07 Å². The molecule has 1 aliphatic rings. The number of anilines is 2. The molecule has 5 nitrogen and oxygen atoms in total. The molecule has 1 aromatic carbocycles. The van der Waals surface area contributed by atoms with E-state index in [0.29, 0.717) is 18.8 Å². The fourth-order valence-corrected chi connectivity index (χ4v) is 2.45. The van der Waals surface area contributed by atoms with E-state index in [2.05, 4.69) is 9.80 Å². The molecule has 0 unspecified atom stereocenters. The molecule has 0 radical (unpaired) electrons.